The molecule has 1 amide bonds. The molecule has 0 spiro atoms. The molecule has 27 heavy (non-hydrogen) atoms. The Bertz CT molecular complexity index is 994. The van der Waals surface area contributed by atoms with Crippen molar-refractivity contribution in [2.24, 2.45) is 5.73 Å². The number of H-pyrrole nitrogens is 1. The first kappa shape index (κ1) is 18.2. The van der Waals surface area contributed by atoms with Gasteiger partial charge in [0.2, 0.25) is 0 Å². The largest absolute Gasteiger partial charge is 0.478 e. The second-order valence-corrected chi connectivity index (χ2v) is 5.89. The van der Waals surface area contributed by atoms with Crippen LogP contribution in [0.1, 0.15) is 15.9 Å². The van der Waals surface area contributed by atoms with Crippen LogP contribution in [0.25, 0.3) is 10.9 Å². The number of nitrogens with one attached hydrogen (secondary N) is 2. The quantitative estimate of drug-likeness (QED) is 0.404. The van der Waals surface area contributed by atoms with Crippen LogP contribution >= 0.6 is 0 Å². The fourth-order valence-corrected chi connectivity index (χ4v) is 2.63. The van der Waals surface area contributed by atoms with E-state index in [4.69, 9.17) is 15.6 Å². The van der Waals surface area contributed by atoms with E-state index in [0.717, 1.165) is 16.5 Å². The minimum Gasteiger partial charge on any atom is -0.478 e. The average Bonchev–Trinajstić information content (AvgIpc) is 3.05. The zero-order chi connectivity index (χ0) is 19.4. The summed E-state index contributed by atoms with van der Waals surface area (Å²) in [7, 11) is 0. The number of ether oxygens (including phenoxy) is 1. The molecular formula is C19H17N3O5. The maximum atomic E-state index is 12.1. The molecule has 1 heterocycles. The molecule has 0 aliphatic carbocycles. The van der Waals surface area contributed by atoms with Crippen molar-refractivity contribution >= 4 is 34.6 Å². The van der Waals surface area contributed by atoms with Crippen LogP contribution in [0.2, 0.25) is 0 Å². The van der Waals surface area contributed by atoms with Crippen LogP contribution in [-0.2, 0) is 16.0 Å². The second kappa shape index (κ2) is 7.71. The number of aromatic nitrogens is 1. The number of hydrogen-bond acceptors (Lipinski definition) is 5. The summed E-state index contributed by atoms with van der Waals surface area (Å²) in [5.41, 5.74) is 8.00. The van der Waals surface area contributed by atoms with Gasteiger partial charge >= 0.3 is 18.0 Å². The molecular weight excluding hydrogens is 350 g/mol. The van der Waals surface area contributed by atoms with Gasteiger partial charge in [-0.2, -0.15) is 0 Å². The van der Waals surface area contributed by atoms with Crippen LogP contribution in [0.3, 0.4) is 0 Å². The lowest BCUT2D eigenvalue weighted by Gasteiger charge is -2.11. The van der Waals surface area contributed by atoms with Gasteiger partial charge < -0.3 is 20.6 Å². The molecule has 1 unspecified atom stereocenters. The van der Waals surface area contributed by atoms with Crippen LogP contribution in [0.4, 0.5) is 10.5 Å². The van der Waals surface area contributed by atoms with Gasteiger partial charge in [0.25, 0.3) is 0 Å². The number of carbonyl (C=O) groups is 3. The van der Waals surface area contributed by atoms with E-state index >= 15 is 0 Å². The maximum absolute atomic E-state index is 12.1. The first-order valence-corrected chi connectivity index (χ1v) is 8.10. The zero-order valence-electron chi connectivity index (χ0n) is 14.1. The van der Waals surface area contributed by atoms with Gasteiger partial charge in [0.05, 0.1) is 5.56 Å². The number of aromatic amines is 1. The van der Waals surface area contributed by atoms with Crippen molar-refractivity contribution in [3.8, 4) is 0 Å². The van der Waals surface area contributed by atoms with Crippen molar-refractivity contribution in [2.45, 2.75) is 12.5 Å². The van der Waals surface area contributed by atoms with Crippen molar-refractivity contribution in [1.29, 1.82) is 0 Å². The topological polar surface area (TPSA) is 135 Å². The predicted octanol–water partition coefficient (Wildman–Crippen LogP) is 2.51. The van der Waals surface area contributed by atoms with Crippen molar-refractivity contribution in [1.82, 2.24) is 4.98 Å². The first-order chi connectivity index (χ1) is 12.9. The molecule has 5 N–H and O–H groups in total. The molecule has 0 fully saturated rings. The Balaban J connectivity index is 1.57. The minimum atomic E-state index is -1.08. The summed E-state index contributed by atoms with van der Waals surface area (Å²) in [6.07, 6.45) is 0.989. The number of carboxylic acid groups (broad SMARTS) is 1. The highest BCUT2D eigenvalue weighted by molar-refractivity contribution is 5.95. The van der Waals surface area contributed by atoms with Gasteiger partial charge in [-0.3, -0.25) is 5.32 Å². The number of aromatic carboxylic acids is 1. The molecule has 1 atom stereocenters. The maximum Gasteiger partial charge on any atom is 0.419 e. The highest BCUT2D eigenvalue weighted by Crippen LogP contribution is 2.19. The van der Waals surface area contributed by atoms with E-state index in [1.807, 2.05) is 24.3 Å². The number of nitrogens with two attached hydrogens (primary N) is 1. The summed E-state index contributed by atoms with van der Waals surface area (Å²) in [5.74, 6) is -1.94. The summed E-state index contributed by atoms with van der Waals surface area (Å²) < 4.78 is 4.71. The van der Waals surface area contributed by atoms with Gasteiger partial charge in [-0.05, 0) is 35.9 Å². The predicted molar refractivity (Wildman–Crippen MR) is 98.5 cm³/mol. The van der Waals surface area contributed by atoms with Crippen molar-refractivity contribution < 1.29 is 24.2 Å². The average molecular weight is 367 g/mol. The number of carboxylic acids is 1. The Labute approximate surface area is 153 Å². The highest BCUT2D eigenvalue weighted by atomic mass is 16.6. The molecule has 3 aromatic rings. The van der Waals surface area contributed by atoms with Gasteiger partial charge in [-0.15, -0.1) is 0 Å². The molecule has 8 nitrogen and oxygen atoms in total. The first-order valence-electron chi connectivity index (χ1n) is 8.10. The fraction of sp³-hybridized carbons (Fsp3) is 0.105. The number of para-hydroxylation sites is 1. The lowest BCUT2D eigenvalue weighted by molar-refractivity contribution is -0.138. The van der Waals surface area contributed by atoms with Gasteiger partial charge in [-0.25, -0.2) is 14.4 Å². The number of rotatable bonds is 5. The molecule has 0 radical (unpaired) electrons. The standard InChI is InChI=1S/C19H17N3O5/c20-15(9-12-10-21-16-4-2-1-3-14(12)16)18(25)27-19(26)22-13-7-5-11(6-8-13)17(23)24/h1-8,10,15,21H,9,20H2,(H,22,26)(H,23,24). The zero-order valence-corrected chi connectivity index (χ0v) is 14.1. The van der Waals surface area contributed by atoms with E-state index in [0.29, 0.717) is 5.69 Å². The smallest absolute Gasteiger partial charge is 0.419 e. The lowest BCUT2D eigenvalue weighted by atomic mass is 10.1. The van der Waals surface area contributed by atoms with E-state index in [1.54, 1.807) is 6.20 Å². The molecule has 0 bridgehead atoms. The number of benzene rings is 2. The van der Waals surface area contributed by atoms with Gasteiger partial charge in [-0.1, -0.05) is 18.2 Å². The summed E-state index contributed by atoms with van der Waals surface area (Å²) in [5, 5.41) is 12.1. The van der Waals surface area contributed by atoms with E-state index in [2.05, 4.69) is 10.3 Å². The van der Waals surface area contributed by atoms with Crippen molar-refractivity contribution in [2.75, 3.05) is 5.32 Å². The Morgan fingerprint density at radius 3 is 2.52 bits per heavy atom. The molecule has 0 aliphatic rings. The second-order valence-electron chi connectivity index (χ2n) is 5.89. The molecule has 2 aromatic carbocycles. The molecule has 8 heteroatoms. The fourth-order valence-electron chi connectivity index (χ4n) is 2.63. The van der Waals surface area contributed by atoms with E-state index < -0.39 is 24.1 Å². The number of esters is 1. The number of amides is 1. The lowest BCUT2D eigenvalue weighted by Crippen LogP contribution is -2.36. The molecule has 0 saturated carbocycles. The Morgan fingerprint density at radius 1 is 1.11 bits per heavy atom. The van der Waals surface area contributed by atoms with Gasteiger partial charge in [0.15, 0.2) is 0 Å². The molecule has 0 aliphatic heterocycles. The third-order valence-electron chi connectivity index (χ3n) is 3.99. The van der Waals surface area contributed by atoms with Crippen LogP contribution in [-0.4, -0.2) is 34.2 Å². The summed E-state index contributed by atoms with van der Waals surface area (Å²) in [6.45, 7) is 0. The van der Waals surface area contributed by atoms with Gasteiger partial charge in [0.1, 0.15) is 6.04 Å². The third-order valence-corrected chi connectivity index (χ3v) is 3.99. The van der Waals surface area contributed by atoms with E-state index in [9.17, 15) is 14.4 Å². The Kier molecular flexibility index (Phi) is 5.18. The monoisotopic (exact) mass is 367 g/mol. The summed E-state index contributed by atoms with van der Waals surface area (Å²) in [6, 6.07) is 12.0. The Morgan fingerprint density at radius 2 is 1.81 bits per heavy atom. The number of carbonyl (C=O) groups excluding carboxylic acids is 2. The van der Waals surface area contributed by atoms with Crippen LogP contribution < -0.4 is 11.1 Å². The molecule has 1 aromatic heterocycles. The van der Waals surface area contributed by atoms with Crippen LogP contribution in [0, 0.1) is 0 Å². The normalized spacial score (nSPS) is 11.7. The minimum absolute atomic E-state index is 0.0748. The third kappa shape index (κ3) is 4.31. The highest BCUT2D eigenvalue weighted by Gasteiger charge is 2.21. The molecule has 3 rings (SSSR count). The number of hydrogen-bond donors (Lipinski definition) is 4. The molecule has 0 saturated heterocycles. The number of anilines is 1. The van der Waals surface area contributed by atoms with Crippen molar-refractivity contribution in [3.05, 3.63) is 65.9 Å². The number of fused-ring (bicyclic) bond motifs is 1. The molecule has 138 valence electrons. The van der Waals surface area contributed by atoms with Gasteiger partial charge in [0, 0.05) is 29.2 Å². The van der Waals surface area contributed by atoms with E-state index in [-0.39, 0.29) is 12.0 Å². The van der Waals surface area contributed by atoms with Crippen molar-refractivity contribution in [3.63, 3.8) is 0 Å². The SMILES string of the molecule is NC(Cc1c[nH]c2ccccc12)C(=O)OC(=O)Nc1ccc(C(=O)O)cc1. The Hall–Kier alpha value is -3.65. The summed E-state index contributed by atoms with van der Waals surface area (Å²) in [4.78, 5) is 37.8. The van der Waals surface area contributed by atoms with E-state index in [1.165, 1.54) is 24.3 Å². The summed E-state index contributed by atoms with van der Waals surface area (Å²) >= 11 is 0. The van der Waals surface area contributed by atoms with Crippen LogP contribution in [0.5, 0.6) is 0 Å². The van der Waals surface area contributed by atoms with Crippen LogP contribution in [0.15, 0.2) is 54.7 Å².